The molecule has 3 aromatic rings. The topological polar surface area (TPSA) is 42.7 Å². The first kappa shape index (κ1) is 12.8. The molecule has 3 rings (SSSR count). The van der Waals surface area contributed by atoms with E-state index in [0.29, 0.717) is 0 Å². The zero-order valence-electron chi connectivity index (χ0n) is 11.6. The van der Waals surface area contributed by atoms with Crippen molar-refractivity contribution in [3.05, 3.63) is 54.7 Å². The Morgan fingerprint density at radius 2 is 2.05 bits per heavy atom. The van der Waals surface area contributed by atoms with Gasteiger partial charge in [-0.25, -0.2) is 9.97 Å². The summed E-state index contributed by atoms with van der Waals surface area (Å²) in [4.78, 5) is 8.71. The second-order valence-corrected chi connectivity index (χ2v) is 4.80. The molecule has 0 fully saturated rings. The van der Waals surface area contributed by atoms with Gasteiger partial charge >= 0.3 is 0 Å². The van der Waals surface area contributed by atoms with Crippen LogP contribution in [0.15, 0.2) is 49.2 Å². The first-order valence-corrected chi connectivity index (χ1v) is 6.96. The maximum atomic E-state index is 4.61. The van der Waals surface area contributed by atoms with Crippen LogP contribution in [0.1, 0.15) is 18.9 Å². The number of fused-ring (bicyclic) bond motifs is 1. The Balaban J connectivity index is 2.06. The SMILES string of the molecule is CCCNCc1cnc(-n2ccnc2)c2ccccc12. The Kier molecular flexibility index (Phi) is 3.74. The molecule has 20 heavy (non-hydrogen) atoms. The number of nitrogens with zero attached hydrogens (tertiary/aromatic N) is 3. The summed E-state index contributed by atoms with van der Waals surface area (Å²) in [6.07, 6.45) is 8.57. The van der Waals surface area contributed by atoms with Gasteiger partial charge in [0.2, 0.25) is 0 Å². The summed E-state index contributed by atoms with van der Waals surface area (Å²) in [5.41, 5.74) is 1.23. The van der Waals surface area contributed by atoms with E-state index in [4.69, 9.17) is 0 Å². The van der Waals surface area contributed by atoms with Gasteiger partial charge in [-0.05, 0) is 23.9 Å². The molecule has 0 amide bonds. The van der Waals surface area contributed by atoms with Crippen molar-refractivity contribution in [1.82, 2.24) is 19.9 Å². The highest BCUT2D eigenvalue weighted by atomic mass is 15.1. The largest absolute Gasteiger partial charge is 0.313 e. The molecule has 2 aromatic heterocycles. The molecule has 0 unspecified atom stereocenters. The first-order chi connectivity index (χ1) is 9.90. The number of hydrogen-bond donors (Lipinski definition) is 1. The number of benzene rings is 1. The molecule has 1 N–H and O–H groups in total. The molecular formula is C16H18N4. The lowest BCUT2D eigenvalue weighted by Gasteiger charge is -2.11. The standard InChI is InChI=1S/C16H18N4/c1-2-7-17-10-13-11-19-16(20-9-8-18-12-20)15-6-4-3-5-14(13)15/h3-6,8-9,11-12,17H,2,7,10H2,1H3. The summed E-state index contributed by atoms with van der Waals surface area (Å²) < 4.78 is 1.95. The Morgan fingerprint density at radius 1 is 1.20 bits per heavy atom. The molecular weight excluding hydrogens is 248 g/mol. The van der Waals surface area contributed by atoms with E-state index >= 15 is 0 Å². The number of nitrogens with one attached hydrogen (secondary N) is 1. The van der Waals surface area contributed by atoms with Gasteiger partial charge in [-0.1, -0.05) is 31.2 Å². The van der Waals surface area contributed by atoms with Crippen LogP contribution in [0.25, 0.3) is 16.6 Å². The summed E-state index contributed by atoms with van der Waals surface area (Å²) in [6.45, 7) is 4.05. The van der Waals surface area contributed by atoms with Crippen LogP contribution < -0.4 is 5.32 Å². The average molecular weight is 266 g/mol. The van der Waals surface area contributed by atoms with Crippen LogP contribution in [0, 0.1) is 0 Å². The van der Waals surface area contributed by atoms with E-state index < -0.39 is 0 Å². The first-order valence-electron chi connectivity index (χ1n) is 6.96. The fraction of sp³-hybridized carbons (Fsp3) is 0.250. The second kappa shape index (κ2) is 5.84. The van der Waals surface area contributed by atoms with E-state index in [1.54, 1.807) is 12.5 Å². The summed E-state index contributed by atoms with van der Waals surface area (Å²) >= 11 is 0. The predicted molar refractivity (Wildman–Crippen MR) is 80.9 cm³/mol. The zero-order valence-corrected chi connectivity index (χ0v) is 11.6. The maximum Gasteiger partial charge on any atom is 0.145 e. The molecule has 0 aliphatic heterocycles. The minimum Gasteiger partial charge on any atom is -0.313 e. The number of pyridine rings is 1. The minimum absolute atomic E-state index is 0.853. The van der Waals surface area contributed by atoms with E-state index in [0.717, 1.165) is 30.7 Å². The lowest BCUT2D eigenvalue weighted by Crippen LogP contribution is -2.14. The van der Waals surface area contributed by atoms with Crippen LogP contribution in [-0.2, 0) is 6.54 Å². The van der Waals surface area contributed by atoms with Crippen molar-refractivity contribution in [3.63, 3.8) is 0 Å². The molecule has 102 valence electrons. The highest BCUT2D eigenvalue weighted by Crippen LogP contribution is 2.23. The highest BCUT2D eigenvalue weighted by molar-refractivity contribution is 5.90. The summed E-state index contributed by atoms with van der Waals surface area (Å²) in [7, 11) is 0. The molecule has 0 aliphatic rings. The van der Waals surface area contributed by atoms with Crippen LogP contribution in [0.3, 0.4) is 0 Å². The highest BCUT2D eigenvalue weighted by Gasteiger charge is 2.08. The zero-order chi connectivity index (χ0) is 13.8. The van der Waals surface area contributed by atoms with Gasteiger partial charge in [0.1, 0.15) is 12.1 Å². The molecule has 0 saturated heterocycles. The summed E-state index contributed by atoms with van der Waals surface area (Å²) in [6, 6.07) is 8.39. The number of imidazole rings is 1. The fourth-order valence-corrected chi connectivity index (χ4v) is 2.37. The van der Waals surface area contributed by atoms with Gasteiger partial charge in [-0.2, -0.15) is 0 Å². The van der Waals surface area contributed by atoms with Crippen molar-refractivity contribution in [2.24, 2.45) is 0 Å². The minimum atomic E-state index is 0.853. The van der Waals surface area contributed by atoms with E-state index in [1.807, 2.05) is 23.0 Å². The fourth-order valence-electron chi connectivity index (χ4n) is 2.37. The molecule has 4 heteroatoms. The Bertz CT molecular complexity index is 689. The smallest absolute Gasteiger partial charge is 0.145 e. The molecule has 1 aromatic carbocycles. The van der Waals surface area contributed by atoms with E-state index in [9.17, 15) is 0 Å². The van der Waals surface area contributed by atoms with Crippen LogP contribution in [0.4, 0.5) is 0 Å². The van der Waals surface area contributed by atoms with E-state index in [1.165, 1.54) is 10.9 Å². The third-order valence-electron chi connectivity index (χ3n) is 3.35. The normalized spacial score (nSPS) is 11.1. The van der Waals surface area contributed by atoms with Crippen LogP contribution in [0.5, 0.6) is 0 Å². The van der Waals surface area contributed by atoms with Crippen molar-refractivity contribution in [3.8, 4) is 5.82 Å². The Labute approximate surface area is 118 Å². The summed E-state index contributed by atoms with van der Waals surface area (Å²) in [5.74, 6) is 0.928. The van der Waals surface area contributed by atoms with Gasteiger partial charge in [0, 0.05) is 30.5 Å². The number of aromatic nitrogens is 3. The van der Waals surface area contributed by atoms with Crippen LogP contribution in [-0.4, -0.2) is 21.1 Å². The predicted octanol–water partition coefficient (Wildman–Crippen LogP) is 2.92. The van der Waals surface area contributed by atoms with Gasteiger partial charge in [-0.3, -0.25) is 4.57 Å². The average Bonchev–Trinajstić information content (AvgIpc) is 3.01. The van der Waals surface area contributed by atoms with Gasteiger partial charge in [0.15, 0.2) is 0 Å². The Morgan fingerprint density at radius 3 is 2.80 bits per heavy atom. The molecule has 4 nitrogen and oxygen atoms in total. The molecule has 0 aliphatic carbocycles. The monoisotopic (exact) mass is 266 g/mol. The summed E-state index contributed by atoms with van der Waals surface area (Å²) in [5, 5.41) is 5.84. The quantitative estimate of drug-likeness (QED) is 0.722. The van der Waals surface area contributed by atoms with E-state index in [2.05, 4.69) is 40.4 Å². The molecule has 0 atom stereocenters. The van der Waals surface area contributed by atoms with Crippen molar-refractivity contribution >= 4 is 10.8 Å². The number of rotatable bonds is 5. The molecule has 2 heterocycles. The number of hydrogen-bond acceptors (Lipinski definition) is 3. The van der Waals surface area contributed by atoms with Crippen molar-refractivity contribution in [2.75, 3.05) is 6.54 Å². The molecule has 0 saturated carbocycles. The molecule has 0 bridgehead atoms. The third-order valence-corrected chi connectivity index (χ3v) is 3.35. The lowest BCUT2D eigenvalue weighted by molar-refractivity contribution is 0.676. The third kappa shape index (κ3) is 2.42. The lowest BCUT2D eigenvalue weighted by atomic mass is 10.1. The van der Waals surface area contributed by atoms with Crippen molar-refractivity contribution in [2.45, 2.75) is 19.9 Å². The van der Waals surface area contributed by atoms with E-state index in [-0.39, 0.29) is 0 Å². The van der Waals surface area contributed by atoms with Gasteiger partial charge < -0.3 is 5.32 Å². The van der Waals surface area contributed by atoms with Crippen molar-refractivity contribution < 1.29 is 0 Å². The van der Waals surface area contributed by atoms with Crippen LogP contribution >= 0.6 is 0 Å². The van der Waals surface area contributed by atoms with Gasteiger partial charge in [-0.15, -0.1) is 0 Å². The maximum absolute atomic E-state index is 4.61. The Hall–Kier alpha value is -2.20. The molecule has 0 radical (unpaired) electrons. The van der Waals surface area contributed by atoms with Crippen molar-refractivity contribution in [1.29, 1.82) is 0 Å². The van der Waals surface area contributed by atoms with Gasteiger partial charge in [0.05, 0.1) is 0 Å². The second-order valence-electron chi connectivity index (χ2n) is 4.80. The molecule has 0 spiro atoms. The van der Waals surface area contributed by atoms with Crippen LogP contribution in [0.2, 0.25) is 0 Å². The van der Waals surface area contributed by atoms with Gasteiger partial charge in [0.25, 0.3) is 0 Å².